The largest absolute Gasteiger partial charge is 0.472 e. The van der Waals surface area contributed by atoms with Gasteiger partial charge in [-0.05, 0) is 76.7 Å². The summed E-state index contributed by atoms with van der Waals surface area (Å²) in [5.74, 6) is -0.492. The molecule has 0 saturated carbocycles. The highest BCUT2D eigenvalue weighted by molar-refractivity contribution is 7.47. The van der Waals surface area contributed by atoms with E-state index in [9.17, 15) is 19.0 Å². The van der Waals surface area contributed by atoms with Gasteiger partial charge >= 0.3 is 13.8 Å². The Balaban J connectivity index is 5.05. The molecule has 9 nitrogen and oxygen atoms in total. The molecule has 0 aromatic heterocycles. The van der Waals surface area contributed by atoms with Gasteiger partial charge in [0.1, 0.15) is 19.3 Å². The van der Waals surface area contributed by atoms with Gasteiger partial charge in [-0.1, -0.05) is 326 Å². The highest BCUT2D eigenvalue weighted by Crippen LogP contribution is 2.43. The van der Waals surface area contributed by atoms with E-state index in [4.69, 9.17) is 13.8 Å². The van der Waals surface area contributed by atoms with E-state index in [0.29, 0.717) is 17.4 Å². The molecule has 85 heavy (non-hydrogen) atoms. The molecule has 498 valence electrons. The molecule has 1 amide bonds. The number of nitrogens with one attached hydrogen (secondary N) is 1. The van der Waals surface area contributed by atoms with Crippen molar-refractivity contribution in [2.24, 2.45) is 0 Å². The van der Waals surface area contributed by atoms with Crippen molar-refractivity contribution in [1.29, 1.82) is 0 Å². The Morgan fingerprint density at radius 1 is 0.412 bits per heavy atom. The van der Waals surface area contributed by atoms with Gasteiger partial charge in [-0.3, -0.25) is 18.6 Å². The molecule has 0 fully saturated rings. The van der Waals surface area contributed by atoms with Gasteiger partial charge < -0.3 is 19.4 Å². The number of unbranched alkanes of at least 4 members (excludes halogenated alkanes) is 43. The van der Waals surface area contributed by atoms with Gasteiger partial charge in [-0.25, -0.2) is 4.57 Å². The van der Waals surface area contributed by atoms with Crippen LogP contribution in [-0.2, 0) is 27.9 Å². The number of nitrogens with zero attached hydrogens (tertiary/aromatic N) is 1. The van der Waals surface area contributed by atoms with Crippen LogP contribution in [0, 0.1) is 0 Å². The molecule has 0 saturated heterocycles. The Bertz CT molecular complexity index is 1640. The second kappa shape index (κ2) is 64.7. The molecule has 2 N–H and O–H groups in total. The topological polar surface area (TPSA) is 111 Å². The molecule has 0 aliphatic rings. The number of carbonyl (C=O) groups excluding carboxylic acids is 2. The molecule has 3 atom stereocenters. The van der Waals surface area contributed by atoms with Crippen LogP contribution in [0.2, 0.25) is 0 Å². The molecule has 0 spiro atoms. The van der Waals surface area contributed by atoms with Crippen LogP contribution < -0.4 is 5.32 Å². The minimum Gasteiger partial charge on any atom is -0.456 e. The summed E-state index contributed by atoms with van der Waals surface area (Å²) in [6.07, 6.45) is 83.7. The van der Waals surface area contributed by atoms with Crippen LogP contribution in [0.25, 0.3) is 0 Å². The van der Waals surface area contributed by atoms with Gasteiger partial charge in [-0.2, -0.15) is 0 Å². The highest BCUT2D eigenvalue weighted by atomic mass is 31.2. The summed E-state index contributed by atoms with van der Waals surface area (Å²) in [7, 11) is 1.51. The van der Waals surface area contributed by atoms with Gasteiger partial charge in [0, 0.05) is 12.8 Å². The SMILES string of the molecule is CCCCC/C=C\C/C=C\C/C=C\C/C=C\CCCCCCCCCCCCCC(=O)OC(/C=C/CCCCCCCCCCCCC)C(COP(=O)(O)OCC[N+](C)(C)C)NC(=O)CCCCCCCCCCCCCCCCCCCCC. The van der Waals surface area contributed by atoms with Crippen LogP contribution in [0.5, 0.6) is 0 Å². The normalized spacial score (nSPS) is 13.8. The first-order valence-corrected chi connectivity index (χ1v) is 38.1. The number of amides is 1. The maximum absolute atomic E-state index is 13.6. The molecule has 3 unspecified atom stereocenters. The lowest BCUT2D eigenvalue weighted by molar-refractivity contribution is -0.870. The molecule has 0 radical (unpaired) electrons. The summed E-state index contributed by atoms with van der Waals surface area (Å²) in [6.45, 7) is 7.04. The lowest BCUT2D eigenvalue weighted by atomic mass is 10.0. The van der Waals surface area contributed by atoms with E-state index in [-0.39, 0.29) is 31.5 Å². The number of ether oxygens (including phenoxy) is 1. The predicted octanol–water partition coefficient (Wildman–Crippen LogP) is 23.3. The maximum atomic E-state index is 13.6. The smallest absolute Gasteiger partial charge is 0.456 e. The minimum atomic E-state index is -4.45. The third-order valence-electron chi connectivity index (χ3n) is 16.5. The number of esters is 1. The summed E-state index contributed by atoms with van der Waals surface area (Å²) in [5, 5.41) is 3.08. The zero-order chi connectivity index (χ0) is 62.1. The first-order chi connectivity index (χ1) is 41.4. The molecule has 0 heterocycles. The van der Waals surface area contributed by atoms with Crippen LogP contribution in [0.3, 0.4) is 0 Å². The van der Waals surface area contributed by atoms with Crippen LogP contribution in [0.4, 0.5) is 0 Å². The number of quaternary nitrogens is 1. The summed E-state index contributed by atoms with van der Waals surface area (Å²) < 4.78 is 30.9. The second-order valence-electron chi connectivity index (χ2n) is 26.1. The van der Waals surface area contributed by atoms with E-state index in [1.807, 2.05) is 33.3 Å². The second-order valence-corrected chi connectivity index (χ2v) is 27.6. The van der Waals surface area contributed by atoms with Crippen molar-refractivity contribution < 1.29 is 37.3 Å². The van der Waals surface area contributed by atoms with Crippen LogP contribution in [0.15, 0.2) is 60.8 Å². The van der Waals surface area contributed by atoms with E-state index >= 15 is 0 Å². The predicted molar refractivity (Wildman–Crippen MR) is 369 cm³/mol. The third kappa shape index (κ3) is 66.0. The summed E-state index contributed by atoms with van der Waals surface area (Å²) in [5.41, 5.74) is 0. The zero-order valence-electron chi connectivity index (χ0n) is 57.1. The standard InChI is InChI=1S/C75H141N2O7P/c1-7-10-13-16-19-22-25-28-30-32-34-35-36-37-38-39-40-41-43-45-47-50-53-56-59-62-65-68-75(79)84-73(66-63-60-57-54-51-48-27-24-21-18-15-12-9-3)72(71-83-85(80,81)82-70-69-77(4,5)6)76-74(78)67-64-61-58-55-52-49-46-44-42-33-31-29-26-23-20-17-14-11-8-2/h19,22,28,30,34-35,37-38,63,66,72-73H,7-18,20-21,23-27,29,31-33,36,39-62,64-65,67-71H2,1-6H3,(H-,76,78,80,81)/p+1/b22-19-,30-28-,35-34-,38-37-,66-63+. The number of phosphoric ester groups is 1. The van der Waals surface area contributed by atoms with Gasteiger partial charge in [0.25, 0.3) is 0 Å². The van der Waals surface area contributed by atoms with Crippen LogP contribution in [-0.4, -0.2) is 74.3 Å². The summed E-state index contributed by atoms with van der Waals surface area (Å²) in [6, 6.07) is -0.849. The number of phosphoric acid groups is 1. The van der Waals surface area contributed by atoms with Crippen molar-refractivity contribution >= 4 is 19.7 Å². The molecular weight excluding hydrogens is 1070 g/mol. The summed E-state index contributed by atoms with van der Waals surface area (Å²) in [4.78, 5) is 37.9. The van der Waals surface area contributed by atoms with Gasteiger partial charge in [0.05, 0.1) is 33.8 Å². The van der Waals surface area contributed by atoms with E-state index < -0.39 is 20.0 Å². The number of hydrogen-bond donors (Lipinski definition) is 2. The third-order valence-corrected chi connectivity index (χ3v) is 17.4. The fourth-order valence-electron chi connectivity index (χ4n) is 10.8. The Morgan fingerprint density at radius 2 is 0.718 bits per heavy atom. The van der Waals surface area contributed by atoms with Crippen molar-refractivity contribution in [2.45, 2.75) is 367 Å². The van der Waals surface area contributed by atoms with Crippen molar-refractivity contribution in [3.8, 4) is 0 Å². The van der Waals surface area contributed by atoms with Crippen LogP contribution >= 0.6 is 7.82 Å². The number of likely N-dealkylation sites (N-methyl/N-ethyl adjacent to an activating group) is 1. The fourth-order valence-corrected chi connectivity index (χ4v) is 11.5. The highest BCUT2D eigenvalue weighted by Gasteiger charge is 2.30. The summed E-state index contributed by atoms with van der Waals surface area (Å²) >= 11 is 0. The van der Waals surface area contributed by atoms with Gasteiger partial charge in [0.2, 0.25) is 5.91 Å². The number of carbonyl (C=O) groups is 2. The van der Waals surface area contributed by atoms with E-state index in [1.54, 1.807) is 0 Å². The average molecular weight is 1210 g/mol. The number of rotatable bonds is 67. The van der Waals surface area contributed by atoms with Crippen molar-refractivity contribution in [3.63, 3.8) is 0 Å². The zero-order valence-corrected chi connectivity index (χ0v) is 58.0. The molecule has 0 aliphatic carbocycles. The van der Waals surface area contributed by atoms with E-state index in [2.05, 4.69) is 74.7 Å². The molecular formula is C75H142N2O7P+. The molecule has 0 bridgehead atoms. The van der Waals surface area contributed by atoms with Crippen molar-refractivity contribution in [1.82, 2.24) is 5.32 Å². The van der Waals surface area contributed by atoms with Gasteiger partial charge in [-0.15, -0.1) is 0 Å². The Hall–Kier alpha value is -2.29. The first-order valence-electron chi connectivity index (χ1n) is 36.6. The number of hydrogen-bond acceptors (Lipinski definition) is 6. The van der Waals surface area contributed by atoms with Crippen LogP contribution in [0.1, 0.15) is 355 Å². The molecule has 0 aliphatic heterocycles. The molecule has 0 aromatic carbocycles. The first kappa shape index (κ1) is 82.7. The Morgan fingerprint density at radius 3 is 1.09 bits per heavy atom. The van der Waals surface area contributed by atoms with E-state index in [1.165, 1.54) is 244 Å². The lowest BCUT2D eigenvalue weighted by Gasteiger charge is -2.27. The van der Waals surface area contributed by atoms with Crippen molar-refractivity contribution in [3.05, 3.63) is 60.8 Å². The molecule has 10 heteroatoms. The molecule has 0 rings (SSSR count). The van der Waals surface area contributed by atoms with E-state index in [0.717, 1.165) is 77.0 Å². The monoisotopic (exact) mass is 1210 g/mol. The van der Waals surface area contributed by atoms with Gasteiger partial charge in [0.15, 0.2) is 0 Å². The lowest BCUT2D eigenvalue weighted by Crippen LogP contribution is -2.47. The Labute approximate surface area is 528 Å². The fraction of sp³-hybridized carbons (Fsp3) is 0.840. The maximum Gasteiger partial charge on any atom is 0.472 e. The minimum absolute atomic E-state index is 0.0409. The quantitative estimate of drug-likeness (QED) is 0.0205. The molecule has 0 aromatic rings. The Kier molecular flexibility index (Phi) is 62.9. The average Bonchev–Trinajstić information content (AvgIpc) is 3.50. The number of allylic oxidation sites excluding steroid dienone is 9. The van der Waals surface area contributed by atoms with Crippen molar-refractivity contribution in [2.75, 3.05) is 40.9 Å².